The van der Waals surface area contributed by atoms with Crippen molar-refractivity contribution in [2.24, 2.45) is 0 Å². The minimum Gasteiger partial charge on any atom is -0.507 e. The van der Waals surface area contributed by atoms with E-state index >= 15 is 0 Å². The van der Waals surface area contributed by atoms with Crippen LogP contribution in [0.25, 0.3) is 83.0 Å². The molecule has 0 spiro atoms. The van der Waals surface area contributed by atoms with E-state index in [2.05, 4.69) is 85.8 Å². The highest BCUT2D eigenvalue weighted by Gasteiger charge is 2.24. The van der Waals surface area contributed by atoms with Crippen molar-refractivity contribution in [3.8, 4) is 56.7 Å². The largest absolute Gasteiger partial charge is 0.507 e. The van der Waals surface area contributed by atoms with Gasteiger partial charge in [0.2, 0.25) is 0 Å². The van der Waals surface area contributed by atoms with Gasteiger partial charge in [-0.15, -0.1) is 0 Å². The summed E-state index contributed by atoms with van der Waals surface area (Å²) in [6.45, 7) is 6.66. The molecular formula is C45H32N4O. The molecule has 9 rings (SSSR count). The molecule has 0 amide bonds. The van der Waals surface area contributed by atoms with Crippen molar-refractivity contribution in [1.29, 1.82) is 5.26 Å². The van der Waals surface area contributed by atoms with E-state index in [0.29, 0.717) is 16.8 Å². The van der Waals surface area contributed by atoms with Gasteiger partial charge in [0.1, 0.15) is 5.75 Å². The summed E-state index contributed by atoms with van der Waals surface area (Å²) in [5, 5.41) is 25.5. The molecule has 0 bridgehead atoms. The summed E-state index contributed by atoms with van der Waals surface area (Å²) in [5.74, 6) is 0.197. The van der Waals surface area contributed by atoms with Gasteiger partial charge in [0, 0.05) is 39.0 Å². The van der Waals surface area contributed by atoms with Crippen molar-refractivity contribution in [3.63, 3.8) is 0 Å². The molecule has 0 unspecified atom stereocenters. The van der Waals surface area contributed by atoms with Gasteiger partial charge in [0.05, 0.1) is 50.7 Å². The van der Waals surface area contributed by atoms with Crippen molar-refractivity contribution in [1.82, 2.24) is 14.4 Å². The first-order valence-electron chi connectivity index (χ1n) is 16.8. The summed E-state index contributed by atoms with van der Waals surface area (Å²) in [6, 6.07) is 45.4. The van der Waals surface area contributed by atoms with Gasteiger partial charge in [-0.3, -0.25) is 4.98 Å². The van der Waals surface area contributed by atoms with E-state index in [-0.39, 0.29) is 11.2 Å². The molecule has 4 heterocycles. The fourth-order valence-corrected chi connectivity index (χ4v) is 7.32. The molecule has 0 saturated carbocycles. The molecule has 1 N–H and O–H groups in total. The van der Waals surface area contributed by atoms with E-state index in [4.69, 9.17) is 9.97 Å². The number of pyridine rings is 2. The summed E-state index contributed by atoms with van der Waals surface area (Å²) in [6.07, 6.45) is 1.87. The minimum absolute atomic E-state index is 0.111. The Morgan fingerprint density at radius 3 is 2.18 bits per heavy atom. The van der Waals surface area contributed by atoms with Gasteiger partial charge in [-0.25, -0.2) is 4.98 Å². The van der Waals surface area contributed by atoms with E-state index in [1.54, 1.807) is 0 Å². The molecule has 4 aromatic heterocycles. The van der Waals surface area contributed by atoms with E-state index < -0.39 is 0 Å². The molecule has 0 atom stereocenters. The lowest BCUT2D eigenvalue weighted by Gasteiger charge is -2.21. The van der Waals surface area contributed by atoms with Gasteiger partial charge in [-0.05, 0) is 88.8 Å². The second-order valence-electron chi connectivity index (χ2n) is 14.0. The number of hydrogen-bond donors (Lipinski definition) is 1. The molecule has 0 aliphatic rings. The van der Waals surface area contributed by atoms with Crippen molar-refractivity contribution < 1.29 is 5.11 Å². The Bertz CT molecular complexity index is 2820. The predicted molar refractivity (Wildman–Crippen MR) is 204 cm³/mol. The number of benzene rings is 5. The van der Waals surface area contributed by atoms with Gasteiger partial charge < -0.3 is 9.51 Å². The Labute approximate surface area is 289 Å². The Morgan fingerprint density at radius 1 is 0.620 bits per heavy atom. The smallest absolute Gasteiger partial charge is 0.135 e. The molecule has 0 fully saturated rings. The molecule has 5 aromatic carbocycles. The second kappa shape index (κ2) is 11.0. The summed E-state index contributed by atoms with van der Waals surface area (Å²) in [7, 11) is 0. The highest BCUT2D eigenvalue weighted by atomic mass is 16.3. The third-order valence-electron chi connectivity index (χ3n) is 9.85. The molecule has 9 aromatic rings. The Hall–Kier alpha value is -6.51. The van der Waals surface area contributed by atoms with E-state index in [1.807, 2.05) is 79.0 Å². The molecule has 238 valence electrons. The number of phenols is 1. The number of phenolic OH excluding ortho intramolecular Hbond substituents is 1. The number of fused-ring (bicyclic) bond motifs is 6. The predicted octanol–water partition coefficient (Wildman–Crippen LogP) is 11.2. The normalized spacial score (nSPS) is 12.0. The zero-order valence-electron chi connectivity index (χ0n) is 27.9. The summed E-state index contributed by atoms with van der Waals surface area (Å²) >= 11 is 0. The van der Waals surface area contributed by atoms with E-state index in [9.17, 15) is 10.4 Å². The molecule has 0 aliphatic heterocycles. The maximum Gasteiger partial charge on any atom is 0.135 e. The monoisotopic (exact) mass is 644 g/mol. The van der Waals surface area contributed by atoms with Crippen LogP contribution in [0.5, 0.6) is 5.75 Å². The first kappa shape index (κ1) is 29.6. The van der Waals surface area contributed by atoms with Crippen molar-refractivity contribution in [3.05, 3.63) is 145 Å². The third-order valence-corrected chi connectivity index (χ3v) is 9.85. The van der Waals surface area contributed by atoms with Gasteiger partial charge in [-0.1, -0.05) is 81.4 Å². The molecule has 0 saturated heterocycles. The van der Waals surface area contributed by atoms with Crippen LogP contribution in [0.3, 0.4) is 0 Å². The van der Waals surface area contributed by atoms with Crippen LogP contribution in [0.2, 0.25) is 0 Å². The lowest BCUT2D eigenvalue weighted by molar-refractivity contribution is 0.484. The Morgan fingerprint density at radius 2 is 1.38 bits per heavy atom. The van der Waals surface area contributed by atoms with Crippen LogP contribution in [0.15, 0.2) is 134 Å². The van der Waals surface area contributed by atoms with E-state index in [1.165, 1.54) is 5.56 Å². The lowest BCUT2D eigenvalue weighted by Crippen LogP contribution is -2.11. The van der Waals surface area contributed by atoms with Crippen LogP contribution >= 0.6 is 0 Å². The number of hydrogen-bond acceptors (Lipinski definition) is 4. The maximum absolute atomic E-state index is 12.1. The van der Waals surface area contributed by atoms with Gasteiger partial charge in [-0.2, -0.15) is 5.26 Å². The zero-order valence-corrected chi connectivity index (χ0v) is 27.9. The number of rotatable bonds is 4. The van der Waals surface area contributed by atoms with Crippen molar-refractivity contribution in [2.45, 2.75) is 26.2 Å². The highest BCUT2D eigenvalue weighted by Crippen LogP contribution is 2.47. The quantitative estimate of drug-likeness (QED) is 0.207. The molecular weight excluding hydrogens is 613 g/mol. The van der Waals surface area contributed by atoms with E-state index in [0.717, 1.165) is 71.7 Å². The third kappa shape index (κ3) is 4.61. The first-order chi connectivity index (χ1) is 24.3. The van der Waals surface area contributed by atoms with Crippen LogP contribution in [0, 0.1) is 11.3 Å². The van der Waals surface area contributed by atoms with Crippen LogP contribution in [0.1, 0.15) is 31.9 Å². The Kier molecular flexibility index (Phi) is 6.52. The van der Waals surface area contributed by atoms with Crippen LogP contribution in [-0.2, 0) is 5.41 Å². The fourth-order valence-electron chi connectivity index (χ4n) is 7.32. The maximum atomic E-state index is 12.1. The number of aromatic nitrogens is 3. The Balaban J connectivity index is 1.24. The number of aromatic hydroxyl groups is 1. The highest BCUT2D eigenvalue weighted by molar-refractivity contribution is 6.26. The number of nitriles is 1. The summed E-state index contributed by atoms with van der Waals surface area (Å²) in [5.41, 5.74) is 11.9. The van der Waals surface area contributed by atoms with Crippen LogP contribution in [0.4, 0.5) is 0 Å². The van der Waals surface area contributed by atoms with Crippen molar-refractivity contribution >= 4 is 38.1 Å². The zero-order chi connectivity index (χ0) is 34.1. The topological polar surface area (TPSA) is 74.2 Å². The molecule has 50 heavy (non-hydrogen) atoms. The number of para-hydroxylation sites is 1. The summed E-state index contributed by atoms with van der Waals surface area (Å²) in [4.78, 5) is 10.0. The first-order valence-corrected chi connectivity index (χ1v) is 16.8. The van der Waals surface area contributed by atoms with Crippen LogP contribution in [-0.4, -0.2) is 19.5 Å². The summed E-state index contributed by atoms with van der Waals surface area (Å²) < 4.78 is 2.17. The van der Waals surface area contributed by atoms with Gasteiger partial charge in [0.25, 0.3) is 0 Å². The van der Waals surface area contributed by atoms with Gasteiger partial charge >= 0.3 is 0 Å². The minimum atomic E-state index is -0.111. The molecule has 5 nitrogen and oxygen atoms in total. The fraction of sp³-hybridized carbons (Fsp3) is 0.0889. The van der Waals surface area contributed by atoms with Crippen molar-refractivity contribution in [2.75, 3.05) is 0 Å². The molecule has 0 aliphatic carbocycles. The van der Waals surface area contributed by atoms with Gasteiger partial charge in [0.15, 0.2) is 0 Å². The lowest BCUT2D eigenvalue weighted by atomic mass is 9.84. The number of nitrogens with zero attached hydrogens (tertiary/aromatic N) is 4. The average Bonchev–Trinajstić information content (AvgIpc) is 3.67. The molecule has 0 radical (unpaired) electrons. The second-order valence-corrected chi connectivity index (χ2v) is 14.0. The molecule has 5 heteroatoms. The SMILES string of the molecule is CC(C)(C)c1cc(-c2cc(-c3ccccc3)ccn2)cc(-c2cccc(-c3cc4c5ccc(C#N)cc5n5c6ccccc6c(c3O)c45)n2)c1. The van der Waals surface area contributed by atoms with Crippen LogP contribution < -0.4 is 0 Å². The standard InChI is InChI=1S/C45H32N4O/c1-45(2,3)32-22-30(21-31(23-32)39-24-29(18-19-47-39)28-10-5-4-6-11-28)37-13-9-14-38(48-37)36-25-35-33-17-16-27(26-46)20-41(33)49-40-15-8-7-12-34(40)42(43(35)49)44(36)50/h4-25,50H,1-3H3. The average molecular weight is 645 g/mol.